The summed E-state index contributed by atoms with van der Waals surface area (Å²) in [6.07, 6.45) is 9.03. The lowest BCUT2D eigenvalue weighted by atomic mass is 9.88. The van der Waals surface area contributed by atoms with Crippen molar-refractivity contribution in [2.75, 3.05) is 4.90 Å². The molecule has 0 spiro atoms. The molecule has 3 rings (SSSR count). The summed E-state index contributed by atoms with van der Waals surface area (Å²) in [5, 5.41) is 10.1. The van der Waals surface area contributed by atoms with E-state index in [1.165, 1.54) is 17.8 Å². The minimum atomic E-state index is 0.0858. The number of hydrogen-bond donors (Lipinski definition) is 0. The second kappa shape index (κ2) is 7.17. The molecule has 2 aromatic rings. The quantitative estimate of drug-likeness (QED) is 0.852. The molecule has 1 aliphatic rings. The van der Waals surface area contributed by atoms with Crippen molar-refractivity contribution in [2.45, 2.75) is 52.0 Å². The fourth-order valence-electron chi connectivity index (χ4n) is 3.04. The SMILES string of the molecule is CC(C)N(C(=O)C1CCCCC1)c1nnc(-c2ccncc2)s1. The average molecular weight is 330 g/mol. The Morgan fingerprint density at radius 1 is 1.17 bits per heavy atom. The molecule has 122 valence electrons. The lowest BCUT2D eigenvalue weighted by molar-refractivity contribution is -0.123. The summed E-state index contributed by atoms with van der Waals surface area (Å²) in [5.41, 5.74) is 0.984. The zero-order valence-corrected chi connectivity index (χ0v) is 14.4. The molecule has 0 atom stereocenters. The number of carbonyl (C=O) groups excluding carboxylic acids is 1. The van der Waals surface area contributed by atoms with Crippen molar-refractivity contribution >= 4 is 22.4 Å². The van der Waals surface area contributed by atoms with Crippen LogP contribution in [0.25, 0.3) is 10.6 Å². The lowest BCUT2D eigenvalue weighted by Crippen LogP contribution is -2.41. The molecule has 5 nitrogen and oxygen atoms in total. The van der Waals surface area contributed by atoms with Gasteiger partial charge in [-0.05, 0) is 38.8 Å². The van der Waals surface area contributed by atoms with Gasteiger partial charge in [-0.3, -0.25) is 14.7 Å². The molecule has 23 heavy (non-hydrogen) atoms. The summed E-state index contributed by atoms with van der Waals surface area (Å²) in [7, 11) is 0. The molecule has 1 fully saturated rings. The van der Waals surface area contributed by atoms with Crippen molar-refractivity contribution < 1.29 is 4.79 Å². The van der Waals surface area contributed by atoms with Gasteiger partial charge in [0.15, 0.2) is 0 Å². The molecular weight excluding hydrogens is 308 g/mol. The van der Waals surface area contributed by atoms with Gasteiger partial charge >= 0.3 is 0 Å². The molecule has 1 aliphatic carbocycles. The number of anilines is 1. The van der Waals surface area contributed by atoms with Crippen LogP contribution >= 0.6 is 11.3 Å². The normalized spacial score (nSPS) is 15.8. The molecule has 0 radical (unpaired) electrons. The van der Waals surface area contributed by atoms with Gasteiger partial charge in [-0.1, -0.05) is 30.6 Å². The zero-order chi connectivity index (χ0) is 16.2. The monoisotopic (exact) mass is 330 g/mol. The fourth-order valence-corrected chi connectivity index (χ4v) is 4.03. The first kappa shape index (κ1) is 16.1. The summed E-state index contributed by atoms with van der Waals surface area (Å²) < 4.78 is 0. The summed E-state index contributed by atoms with van der Waals surface area (Å²) in [4.78, 5) is 18.8. The smallest absolute Gasteiger partial charge is 0.232 e. The van der Waals surface area contributed by atoms with Gasteiger partial charge in [-0.2, -0.15) is 0 Å². The van der Waals surface area contributed by atoms with Crippen LogP contribution in [0.1, 0.15) is 46.0 Å². The molecule has 2 aromatic heterocycles. The van der Waals surface area contributed by atoms with E-state index in [1.807, 2.05) is 30.9 Å². The Morgan fingerprint density at radius 2 is 1.87 bits per heavy atom. The molecule has 1 amide bonds. The number of rotatable bonds is 4. The van der Waals surface area contributed by atoms with E-state index in [2.05, 4.69) is 15.2 Å². The predicted molar refractivity (Wildman–Crippen MR) is 92.3 cm³/mol. The van der Waals surface area contributed by atoms with Gasteiger partial charge in [0.05, 0.1) is 0 Å². The van der Waals surface area contributed by atoms with Crippen LogP contribution in [0, 0.1) is 5.92 Å². The van der Waals surface area contributed by atoms with Crippen molar-refractivity contribution in [2.24, 2.45) is 5.92 Å². The first-order valence-electron chi connectivity index (χ1n) is 8.24. The Hall–Kier alpha value is -1.82. The molecule has 2 heterocycles. The highest BCUT2D eigenvalue weighted by Gasteiger charge is 2.30. The zero-order valence-electron chi connectivity index (χ0n) is 13.6. The average Bonchev–Trinajstić information content (AvgIpc) is 3.06. The number of carbonyl (C=O) groups is 1. The third kappa shape index (κ3) is 3.58. The standard InChI is InChI=1S/C17H22N4OS/c1-12(2)21(16(22)14-6-4-3-5-7-14)17-20-19-15(23-17)13-8-10-18-11-9-13/h8-12,14H,3-7H2,1-2H3. The highest BCUT2D eigenvalue weighted by Crippen LogP contribution is 2.33. The summed E-state index contributed by atoms with van der Waals surface area (Å²) >= 11 is 1.47. The molecule has 0 unspecified atom stereocenters. The maximum Gasteiger partial charge on any atom is 0.232 e. The fraction of sp³-hybridized carbons (Fsp3) is 0.529. The third-order valence-corrected chi connectivity index (χ3v) is 5.23. The molecular formula is C17H22N4OS. The van der Waals surface area contributed by atoms with Crippen LogP contribution in [0.15, 0.2) is 24.5 Å². The molecule has 0 saturated heterocycles. The Labute approximate surface area is 140 Å². The van der Waals surface area contributed by atoms with Crippen LogP contribution in [0.5, 0.6) is 0 Å². The second-order valence-electron chi connectivity index (χ2n) is 6.26. The van der Waals surface area contributed by atoms with Crippen LogP contribution in [-0.2, 0) is 4.79 Å². The van der Waals surface area contributed by atoms with Gasteiger partial charge in [-0.15, -0.1) is 10.2 Å². The largest absolute Gasteiger partial charge is 0.284 e. The second-order valence-corrected chi connectivity index (χ2v) is 7.22. The van der Waals surface area contributed by atoms with E-state index >= 15 is 0 Å². The number of hydrogen-bond acceptors (Lipinski definition) is 5. The maximum atomic E-state index is 12.9. The van der Waals surface area contributed by atoms with Crippen molar-refractivity contribution in [3.8, 4) is 10.6 Å². The predicted octanol–water partition coefficient (Wildman–Crippen LogP) is 3.92. The van der Waals surface area contributed by atoms with E-state index in [1.54, 1.807) is 12.4 Å². The van der Waals surface area contributed by atoms with Crippen molar-refractivity contribution in [3.63, 3.8) is 0 Å². The summed E-state index contributed by atoms with van der Waals surface area (Å²) in [6.45, 7) is 4.07. The number of aromatic nitrogens is 3. The van der Waals surface area contributed by atoms with E-state index in [0.717, 1.165) is 36.3 Å². The van der Waals surface area contributed by atoms with E-state index < -0.39 is 0 Å². The Bertz CT molecular complexity index is 650. The summed E-state index contributed by atoms with van der Waals surface area (Å²) in [5.74, 6) is 0.344. The minimum absolute atomic E-state index is 0.0858. The number of pyridine rings is 1. The summed E-state index contributed by atoms with van der Waals surface area (Å²) in [6, 6.07) is 3.91. The number of nitrogens with zero attached hydrogens (tertiary/aromatic N) is 4. The Morgan fingerprint density at radius 3 is 2.52 bits per heavy atom. The maximum absolute atomic E-state index is 12.9. The highest BCUT2D eigenvalue weighted by molar-refractivity contribution is 7.18. The van der Waals surface area contributed by atoms with Crippen LogP contribution in [0.2, 0.25) is 0 Å². The van der Waals surface area contributed by atoms with E-state index in [0.29, 0.717) is 5.13 Å². The van der Waals surface area contributed by atoms with Crippen LogP contribution < -0.4 is 4.90 Å². The van der Waals surface area contributed by atoms with Gasteiger partial charge < -0.3 is 0 Å². The van der Waals surface area contributed by atoms with Crippen molar-refractivity contribution in [1.29, 1.82) is 0 Å². The molecule has 0 bridgehead atoms. The van der Waals surface area contributed by atoms with Gasteiger partial charge in [0.25, 0.3) is 0 Å². The van der Waals surface area contributed by atoms with Gasteiger partial charge in [0.1, 0.15) is 5.01 Å². The van der Waals surface area contributed by atoms with E-state index in [9.17, 15) is 4.79 Å². The van der Waals surface area contributed by atoms with Crippen LogP contribution in [-0.4, -0.2) is 27.1 Å². The topological polar surface area (TPSA) is 59.0 Å². The molecule has 0 aliphatic heterocycles. The van der Waals surface area contributed by atoms with Crippen molar-refractivity contribution in [3.05, 3.63) is 24.5 Å². The highest BCUT2D eigenvalue weighted by atomic mass is 32.1. The van der Waals surface area contributed by atoms with Gasteiger partial charge in [0, 0.05) is 29.9 Å². The lowest BCUT2D eigenvalue weighted by Gasteiger charge is -2.29. The van der Waals surface area contributed by atoms with Crippen LogP contribution in [0.3, 0.4) is 0 Å². The third-order valence-electron chi connectivity index (χ3n) is 4.26. The first-order chi connectivity index (χ1) is 11.2. The molecule has 0 aromatic carbocycles. The van der Waals surface area contributed by atoms with E-state index in [4.69, 9.17) is 0 Å². The molecule has 1 saturated carbocycles. The minimum Gasteiger partial charge on any atom is -0.284 e. The van der Waals surface area contributed by atoms with Crippen LogP contribution in [0.4, 0.5) is 5.13 Å². The van der Waals surface area contributed by atoms with Gasteiger partial charge in [-0.25, -0.2) is 0 Å². The van der Waals surface area contributed by atoms with Gasteiger partial charge in [0.2, 0.25) is 11.0 Å². The number of amides is 1. The Balaban J connectivity index is 1.84. The van der Waals surface area contributed by atoms with E-state index in [-0.39, 0.29) is 17.9 Å². The molecule has 0 N–H and O–H groups in total. The van der Waals surface area contributed by atoms with Crippen molar-refractivity contribution in [1.82, 2.24) is 15.2 Å². The first-order valence-corrected chi connectivity index (χ1v) is 9.05. The molecule has 6 heteroatoms. The Kier molecular flexibility index (Phi) is 5.00.